The van der Waals surface area contributed by atoms with Gasteiger partial charge >= 0.3 is 11.9 Å². The first-order valence-electron chi connectivity index (χ1n) is 13.2. The van der Waals surface area contributed by atoms with Crippen LogP contribution in [0.15, 0.2) is 12.2 Å². The van der Waals surface area contributed by atoms with Crippen molar-refractivity contribution in [2.75, 3.05) is 6.61 Å². The lowest BCUT2D eigenvalue weighted by Crippen LogP contribution is -2.38. The van der Waals surface area contributed by atoms with Crippen LogP contribution in [-0.4, -0.2) is 48.4 Å². The summed E-state index contributed by atoms with van der Waals surface area (Å²) in [6.07, 6.45) is 16.8. The van der Waals surface area contributed by atoms with E-state index < -0.39 is 41.8 Å². The second kappa shape index (κ2) is 15.3. The van der Waals surface area contributed by atoms with Gasteiger partial charge in [-0.05, 0) is 46.0 Å². The fourth-order valence-corrected chi connectivity index (χ4v) is 4.27. The highest BCUT2D eigenvalue weighted by molar-refractivity contribution is 6.10. The van der Waals surface area contributed by atoms with Crippen molar-refractivity contribution in [3.8, 4) is 0 Å². The van der Waals surface area contributed by atoms with E-state index in [9.17, 15) is 14.4 Å². The number of rotatable bonds is 17. The van der Waals surface area contributed by atoms with Crippen LogP contribution in [0.25, 0.3) is 0 Å². The number of ketones is 1. The molecule has 2 fully saturated rings. The van der Waals surface area contributed by atoms with Crippen LogP contribution < -0.4 is 0 Å². The summed E-state index contributed by atoms with van der Waals surface area (Å²) in [4.78, 5) is 36.6. The standard InChI is InChI=1S/C27H44O7/c1-4-5-6-7-8-9-10-11-12-13-14-15-16-17-18-19-22(28)32-25-23(29)24(33-26(25)30)21-20-31-27(2,3)34-21/h11-12,21,24-25H,4-10,13-20H2,1-3H3. The molecule has 0 aromatic heterocycles. The molecule has 0 aromatic carbocycles. The zero-order valence-corrected chi connectivity index (χ0v) is 21.4. The Morgan fingerprint density at radius 2 is 1.53 bits per heavy atom. The Kier molecular flexibility index (Phi) is 12.8. The molecule has 7 heteroatoms. The first-order chi connectivity index (χ1) is 16.3. The summed E-state index contributed by atoms with van der Waals surface area (Å²) in [5, 5.41) is 0. The fraction of sp³-hybridized carbons (Fsp3) is 0.815. The predicted molar refractivity (Wildman–Crippen MR) is 129 cm³/mol. The summed E-state index contributed by atoms with van der Waals surface area (Å²) in [5.41, 5.74) is 0. The van der Waals surface area contributed by atoms with Gasteiger partial charge in [-0.2, -0.15) is 0 Å². The van der Waals surface area contributed by atoms with Crippen LogP contribution in [0.1, 0.15) is 111 Å². The lowest BCUT2D eigenvalue weighted by Gasteiger charge is -2.19. The summed E-state index contributed by atoms with van der Waals surface area (Å²) in [6, 6.07) is 0. The topological polar surface area (TPSA) is 88.1 Å². The maximum absolute atomic E-state index is 12.5. The van der Waals surface area contributed by atoms with E-state index in [1.807, 2.05) is 0 Å². The van der Waals surface area contributed by atoms with Gasteiger partial charge in [-0.3, -0.25) is 9.59 Å². The summed E-state index contributed by atoms with van der Waals surface area (Å²) in [7, 11) is 0. The minimum Gasteiger partial charge on any atom is -0.448 e. The van der Waals surface area contributed by atoms with Crippen molar-refractivity contribution in [2.45, 2.75) is 135 Å². The van der Waals surface area contributed by atoms with E-state index in [-0.39, 0.29) is 13.0 Å². The van der Waals surface area contributed by atoms with E-state index in [0.717, 1.165) is 32.1 Å². The van der Waals surface area contributed by atoms with E-state index in [0.29, 0.717) is 6.42 Å². The Hall–Kier alpha value is -1.73. The Bertz CT molecular complexity index is 670. The zero-order valence-electron chi connectivity index (χ0n) is 21.4. The van der Waals surface area contributed by atoms with Gasteiger partial charge in [0.15, 0.2) is 11.9 Å². The van der Waals surface area contributed by atoms with Crippen molar-refractivity contribution >= 4 is 17.7 Å². The fourth-order valence-electron chi connectivity index (χ4n) is 4.27. The molecule has 3 unspecified atom stereocenters. The second-order valence-corrected chi connectivity index (χ2v) is 9.83. The molecule has 0 saturated carbocycles. The third kappa shape index (κ3) is 10.3. The van der Waals surface area contributed by atoms with Crippen molar-refractivity contribution in [3.63, 3.8) is 0 Å². The zero-order chi connectivity index (χ0) is 24.8. The molecular formula is C27H44O7. The molecule has 2 heterocycles. The molecule has 2 saturated heterocycles. The van der Waals surface area contributed by atoms with Gasteiger partial charge in [0.2, 0.25) is 5.78 Å². The number of ether oxygens (including phenoxy) is 4. The Morgan fingerprint density at radius 1 is 0.941 bits per heavy atom. The average Bonchev–Trinajstić information content (AvgIpc) is 3.29. The monoisotopic (exact) mass is 480 g/mol. The first-order valence-corrected chi connectivity index (χ1v) is 13.2. The third-order valence-electron chi connectivity index (χ3n) is 6.26. The average molecular weight is 481 g/mol. The van der Waals surface area contributed by atoms with Crippen molar-refractivity contribution in [3.05, 3.63) is 12.2 Å². The van der Waals surface area contributed by atoms with Crippen LogP contribution in [0.5, 0.6) is 0 Å². The molecule has 2 aliphatic heterocycles. The van der Waals surface area contributed by atoms with Crippen molar-refractivity contribution in [1.29, 1.82) is 0 Å². The molecular weight excluding hydrogens is 436 g/mol. The largest absolute Gasteiger partial charge is 0.448 e. The Labute approximate surface area is 204 Å². The van der Waals surface area contributed by atoms with Gasteiger partial charge in [-0.15, -0.1) is 0 Å². The number of carbonyl (C=O) groups is 3. The molecule has 3 atom stereocenters. The molecule has 0 amide bonds. The number of esters is 2. The lowest BCUT2D eigenvalue weighted by molar-refractivity contribution is -0.166. The number of carbonyl (C=O) groups excluding carboxylic acids is 3. The highest BCUT2D eigenvalue weighted by Gasteiger charge is 2.53. The smallest absolute Gasteiger partial charge is 0.356 e. The Morgan fingerprint density at radius 3 is 2.12 bits per heavy atom. The SMILES string of the molecule is CCCCCCCCC=CCCCCCCCC(=O)OC1C(=O)OC(C2COC(C)(C)O2)C1=O. The van der Waals surface area contributed by atoms with Gasteiger partial charge in [-0.1, -0.05) is 70.4 Å². The Balaban J connectivity index is 1.48. The van der Waals surface area contributed by atoms with Crippen LogP contribution >= 0.6 is 0 Å². The van der Waals surface area contributed by atoms with E-state index in [4.69, 9.17) is 18.9 Å². The highest BCUT2D eigenvalue weighted by Crippen LogP contribution is 2.29. The highest BCUT2D eigenvalue weighted by atomic mass is 16.8. The number of unbranched alkanes of at least 4 members (excludes halogenated alkanes) is 11. The predicted octanol–water partition coefficient (Wildman–Crippen LogP) is 5.58. The number of cyclic esters (lactones) is 1. The summed E-state index contributed by atoms with van der Waals surface area (Å²) in [6.45, 7) is 5.83. The molecule has 2 aliphatic rings. The van der Waals surface area contributed by atoms with Gasteiger partial charge < -0.3 is 18.9 Å². The minimum atomic E-state index is -1.49. The van der Waals surface area contributed by atoms with Crippen molar-refractivity contribution in [1.82, 2.24) is 0 Å². The van der Waals surface area contributed by atoms with Crippen molar-refractivity contribution in [2.24, 2.45) is 0 Å². The summed E-state index contributed by atoms with van der Waals surface area (Å²) >= 11 is 0. The van der Waals surface area contributed by atoms with Crippen LogP contribution in [0.4, 0.5) is 0 Å². The molecule has 194 valence electrons. The molecule has 34 heavy (non-hydrogen) atoms. The molecule has 0 bridgehead atoms. The molecule has 0 aliphatic carbocycles. The molecule has 0 radical (unpaired) electrons. The molecule has 7 nitrogen and oxygen atoms in total. The van der Waals surface area contributed by atoms with Gasteiger partial charge in [0.1, 0.15) is 6.10 Å². The minimum absolute atomic E-state index is 0.145. The van der Waals surface area contributed by atoms with Gasteiger partial charge in [0, 0.05) is 6.42 Å². The molecule has 0 N–H and O–H groups in total. The number of hydrogen-bond acceptors (Lipinski definition) is 7. The van der Waals surface area contributed by atoms with E-state index in [1.165, 1.54) is 44.9 Å². The van der Waals surface area contributed by atoms with Crippen LogP contribution in [0.2, 0.25) is 0 Å². The second-order valence-electron chi connectivity index (χ2n) is 9.83. The maximum Gasteiger partial charge on any atom is 0.356 e. The summed E-state index contributed by atoms with van der Waals surface area (Å²) < 4.78 is 21.3. The van der Waals surface area contributed by atoms with Crippen molar-refractivity contribution < 1.29 is 33.3 Å². The quantitative estimate of drug-likeness (QED) is 0.116. The lowest BCUT2D eigenvalue weighted by atomic mass is 10.1. The van der Waals surface area contributed by atoms with E-state index in [2.05, 4.69) is 19.1 Å². The van der Waals surface area contributed by atoms with Crippen LogP contribution in [0, 0.1) is 0 Å². The molecule has 2 rings (SSSR count). The van der Waals surface area contributed by atoms with Crippen LogP contribution in [0.3, 0.4) is 0 Å². The maximum atomic E-state index is 12.5. The number of allylic oxidation sites excluding steroid dienone is 2. The normalized spacial score (nSPS) is 24.1. The summed E-state index contributed by atoms with van der Waals surface area (Å²) in [5.74, 6) is -2.79. The van der Waals surface area contributed by atoms with E-state index in [1.54, 1.807) is 13.8 Å². The number of hydrogen-bond donors (Lipinski definition) is 0. The van der Waals surface area contributed by atoms with Gasteiger partial charge in [0.25, 0.3) is 6.10 Å². The molecule has 0 aromatic rings. The third-order valence-corrected chi connectivity index (χ3v) is 6.26. The first kappa shape index (κ1) is 28.5. The number of Topliss-reactive ketones (excluding diaryl/α,β-unsaturated/α-hetero) is 1. The van der Waals surface area contributed by atoms with Gasteiger partial charge in [-0.25, -0.2) is 4.79 Å². The molecule has 0 spiro atoms. The van der Waals surface area contributed by atoms with Crippen LogP contribution in [-0.2, 0) is 33.3 Å². The van der Waals surface area contributed by atoms with Gasteiger partial charge in [0.05, 0.1) is 6.61 Å². The van der Waals surface area contributed by atoms with E-state index >= 15 is 0 Å².